The van der Waals surface area contributed by atoms with Crippen LogP contribution in [-0.2, 0) is 11.3 Å². The molecular weight excluding hydrogens is 360 g/mol. The Morgan fingerprint density at radius 2 is 2.14 bits per heavy atom. The summed E-state index contributed by atoms with van der Waals surface area (Å²) in [6.07, 6.45) is 0. The van der Waals surface area contributed by atoms with Crippen LogP contribution in [0.1, 0.15) is 16.1 Å². The molecule has 0 bridgehead atoms. The van der Waals surface area contributed by atoms with Gasteiger partial charge in [-0.05, 0) is 25.1 Å². The van der Waals surface area contributed by atoms with Crippen LogP contribution in [0.25, 0.3) is 0 Å². The van der Waals surface area contributed by atoms with E-state index in [9.17, 15) is 14.4 Å². The molecule has 1 aromatic heterocycles. The van der Waals surface area contributed by atoms with Crippen molar-refractivity contribution in [1.29, 1.82) is 0 Å². The molecule has 0 radical (unpaired) electrons. The van der Waals surface area contributed by atoms with E-state index in [1.54, 1.807) is 18.4 Å². The molecule has 1 amide bonds. The normalized spacial score (nSPS) is 10.4. The number of anilines is 1. The van der Waals surface area contributed by atoms with Crippen LogP contribution in [-0.4, -0.2) is 21.6 Å². The summed E-state index contributed by atoms with van der Waals surface area (Å²) in [5.74, 6) is -1.60. The minimum Gasteiger partial charge on any atom is -0.478 e. The highest BCUT2D eigenvalue weighted by atomic mass is 79.9. The molecule has 1 heterocycles. The lowest BCUT2D eigenvalue weighted by Gasteiger charge is -2.10. The van der Waals surface area contributed by atoms with E-state index < -0.39 is 11.9 Å². The molecule has 6 nitrogen and oxygen atoms in total. The zero-order valence-electron chi connectivity index (χ0n) is 10.9. The van der Waals surface area contributed by atoms with Gasteiger partial charge in [-0.1, -0.05) is 27.3 Å². The molecule has 2 rings (SSSR count). The maximum atomic E-state index is 12.0. The molecule has 110 valence electrons. The zero-order valence-corrected chi connectivity index (χ0v) is 13.3. The number of carboxylic acid groups (broad SMARTS) is 1. The number of rotatable bonds is 4. The Kier molecular flexibility index (Phi) is 4.59. The van der Waals surface area contributed by atoms with E-state index in [0.29, 0.717) is 10.2 Å². The molecule has 2 aromatic rings. The van der Waals surface area contributed by atoms with Gasteiger partial charge in [-0.25, -0.2) is 4.79 Å². The molecule has 0 saturated heterocycles. The highest BCUT2D eigenvalue weighted by Gasteiger charge is 2.14. The highest BCUT2D eigenvalue weighted by molar-refractivity contribution is 9.10. The van der Waals surface area contributed by atoms with E-state index in [4.69, 9.17) is 5.11 Å². The summed E-state index contributed by atoms with van der Waals surface area (Å²) >= 11 is 4.19. The van der Waals surface area contributed by atoms with Crippen LogP contribution in [0.3, 0.4) is 0 Å². The third kappa shape index (κ3) is 3.59. The molecule has 0 unspecified atom stereocenters. The molecule has 1 aromatic carbocycles. The molecular formula is C13H11BrN2O4S. The number of thiazole rings is 1. The average molecular weight is 371 g/mol. The summed E-state index contributed by atoms with van der Waals surface area (Å²) in [6, 6.07) is 4.53. The molecule has 0 aliphatic carbocycles. The van der Waals surface area contributed by atoms with Gasteiger partial charge in [-0.2, -0.15) is 0 Å². The molecule has 0 spiro atoms. The van der Waals surface area contributed by atoms with Gasteiger partial charge in [0, 0.05) is 15.5 Å². The summed E-state index contributed by atoms with van der Waals surface area (Å²) in [6.45, 7) is 1.58. The van der Waals surface area contributed by atoms with Crippen molar-refractivity contribution in [3.05, 3.63) is 49.0 Å². The maximum absolute atomic E-state index is 12.0. The quantitative estimate of drug-likeness (QED) is 0.864. The topological polar surface area (TPSA) is 88.4 Å². The summed E-state index contributed by atoms with van der Waals surface area (Å²) in [5.41, 5.74) is 0.859. The lowest BCUT2D eigenvalue weighted by atomic mass is 10.2. The SMILES string of the molecule is Cc1csc(=O)n1CC(=O)Nc1ccc(Br)cc1C(=O)O. The van der Waals surface area contributed by atoms with E-state index in [0.717, 1.165) is 11.3 Å². The first-order valence-corrected chi connectivity index (χ1v) is 7.53. The number of nitrogens with one attached hydrogen (secondary N) is 1. The summed E-state index contributed by atoms with van der Waals surface area (Å²) in [5, 5.41) is 13.3. The monoisotopic (exact) mass is 370 g/mol. The molecule has 0 aliphatic heterocycles. The van der Waals surface area contributed by atoms with Crippen LogP contribution >= 0.6 is 27.3 Å². The van der Waals surface area contributed by atoms with Crippen molar-refractivity contribution >= 4 is 44.8 Å². The lowest BCUT2D eigenvalue weighted by molar-refractivity contribution is -0.116. The molecule has 8 heteroatoms. The van der Waals surface area contributed by atoms with Gasteiger partial charge in [0.2, 0.25) is 5.91 Å². The zero-order chi connectivity index (χ0) is 15.6. The van der Waals surface area contributed by atoms with Crippen LogP contribution in [0, 0.1) is 6.92 Å². The van der Waals surface area contributed by atoms with Crippen LogP contribution in [0.15, 0.2) is 32.8 Å². The fourth-order valence-electron chi connectivity index (χ4n) is 1.73. The number of aryl methyl sites for hydroxylation is 1. The van der Waals surface area contributed by atoms with Crippen molar-refractivity contribution in [2.24, 2.45) is 0 Å². The second kappa shape index (κ2) is 6.23. The highest BCUT2D eigenvalue weighted by Crippen LogP contribution is 2.21. The Morgan fingerprint density at radius 1 is 1.43 bits per heavy atom. The smallest absolute Gasteiger partial charge is 0.337 e. The van der Waals surface area contributed by atoms with Crippen molar-refractivity contribution < 1.29 is 14.7 Å². The minimum absolute atomic E-state index is 0.0212. The van der Waals surface area contributed by atoms with E-state index in [1.165, 1.54) is 16.7 Å². The van der Waals surface area contributed by atoms with E-state index in [-0.39, 0.29) is 22.7 Å². The van der Waals surface area contributed by atoms with Gasteiger partial charge in [0.05, 0.1) is 11.3 Å². The number of carbonyl (C=O) groups is 2. The number of nitrogens with zero attached hydrogens (tertiary/aromatic N) is 1. The van der Waals surface area contributed by atoms with Gasteiger partial charge < -0.3 is 10.4 Å². The molecule has 0 saturated carbocycles. The number of benzene rings is 1. The summed E-state index contributed by atoms with van der Waals surface area (Å²) < 4.78 is 1.93. The van der Waals surface area contributed by atoms with Crippen LogP contribution in [0.2, 0.25) is 0 Å². The van der Waals surface area contributed by atoms with Gasteiger partial charge in [-0.15, -0.1) is 0 Å². The Hall–Kier alpha value is -1.93. The van der Waals surface area contributed by atoms with Crippen molar-refractivity contribution in [1.82, 2.24) is 4.57 Å². The van der Waals surface area contributed by atoms with Crippen LogP contribution in [0.5, 0.6) is 0 Å². The Morgan fingerprint density at radius 3 is 2.71 bits per heavy atom. The fraction of sp³-hybridized carbons (Fsp3) is 0.154. The Labute approximate surface area is 132 Å². The number of carbonyl (C=O) groups excluding carboxylic acids is 1. The third-order valence-electron chi connectivity index (χ3n) is 2.76. The van der Waals surface area contributed by atoms with Gasteiger partial charge >= 0.3 is 10.8 Å². The number of hydrogen-bond acceptors (Lipinski definition) is 4. The number of carboxylic acids is 1. The van der Waals surface area contributed by atoms with Crippen molar-refractivity contribution in [3.63, 3.8) is 0 Å². The van der Waals surface area contributed by atoms with Gasteiger partial charge in [-0.3, -0.25) is 14.2 Å². The van der Waals surface area contributed by atoms with Gasteiger partial charge in [0.15, 0.2) is 0 Å². The Balaban J connectivity index is 2.21. The van der Waals surface area contributed by atoms with E-state index in [1.807, 2.05) is 0 Å². The molecule has 0 atom stereocenters. The molecule has 0 fully saturated rings. The third-order valence-corrected chi connectivity index (χ3v) is 4.14. The number of hydrogen-bond donors (Lipinski definition) is 2. The molecule has 0 aliphatic rings. The summed E-state index contributed by atoms with van der Waals surface area (Å²) in [7, 11) is 0. The van der Waals surface area contributed by atoms with Crippen LogP contribution in [0.4, 0.5) is 5.69 Å². The summed E-state index contributed by atoms with van der Waals surface area (Å²) in [4.78, 5) is 34.5. The minimum atomic E-state index is -1.14. The van der Waals surface area contributed by atoms with Crippen molar-refractivity contribution in [2.75, 3.05) is 5.32 Å². The lowest BCUT2D eigenvalue weighted by Crippen LogP contribution is -2.25. The van der Waals surface area contributed by atoms with Crippen molar-refractivity contribution in [2.45, 2.75) is 13.5 Å². The number of amides is 1. The number of aromatic nitrogens is 1. The predicted molar refractivity (Wildman–Crippen MR) is 83.0 cm³/mol. The maximum Gasteiger partial charge on any atom is 0.337 e. The predicted octanol–water partition coefficient (Wildman–Crippen LogP) is 2.32. The van der Waals surface area contributed by atoms with E-state index >= 15 is 0 Å². The first kappa shape index (κ1) is 15.5. The van der Waals surface area contributed by atoms with Crippen molar-refractivity contribution in [3.8, 4) is 0 Å². The first-order valence-electron chi connectivity index (χ1n) is 5.86. The second-order valence-corrected chi connectivity index (χ2v) is 6.01. The number of aromatic carboxylic acids is 1. The molecule has 21 heavy (non-hydrogen) atoms. The van der Waals surface area contributed by atoms with Gasteiger partial charge in [0.1, 0.15) is 6.54 Å². The largest absolute Gasteiger partial charge is 0.478 e. The van der Waals surface area contributed by atoms with Gasteiger partial charge in [0.25, 0.3) is 0 Å². The second-order valence-electron chi connectivity index (χ2n) is 4.27. The Bertz CT molecular complexity index is 766. The number of halogens is 1. The standard InChI is InChI=1S/C13H11BrN2O4S/c1-7-6-21-13(20)16(7)5-11(17)15-10-3-2-8(14)4-9(10)12(18)19/h2-4,6H,5H2,1H3,(H,15,17)(H,18,19). The fourth-order valence-corrected chi connectivity index (χ4v) is 2.83. The first-order chi connectivity index (χ1) is 9.88. The average Bonchev–Trinajstić information content (AvgIpc) is 2.72. The van der Waals surface area contributed by atoms with Crippen LogP contribution < -0.4 is 10.2 Å². The van der Waals surface area contributed by atoms with E-state index in [2.05, 4.69) is 21.2 Å². The molecule has 2 N–H and O–H groups in total.